The molecule has 0 aliphatic rings. The van der Waals surface area contributed by atoms with Crippen molar-refractivity contribution in [2.75, 3.05) is 13.2 Å². The maximum absolute atomic E-state index is 11.2. The van der Waals surface area contributed by atoms with Crippen molar-refractivity contribution in [3.63, 3.8) is 0 Å². The van der Waals surface area contributed by atoms with E-state index in [-0.39, 0.29) is 12.5 Å². The Balaban J connectivity index is 2.42. The monoisotopic (exact) mass is 261 g/mol. The van der Waals surface area contributed by atoms with Gasteiger partial charge in [0.25, 0.3) is 5.91 Å². The van der Waals surface area contributed by atoms with E-state index in [0.29, 0.717) is 22.3 Å². The molecular weight excluding hydrogens is 249 g/mol. The van der Waals surface area contributed by atoms with Crippen LogP contribution in [0.1, 0.15) is 13.3 Å². The highest BCUT2D eigenvalue weighted by Gasteiger charge is 2.03. The molecule has 0 saturated carbocycles. The lowest BCUT2D eigenvalue weighted by molar-refractivity contribution is -0.123. The van der Waals surface area contributed by atoms with Gasteiger partial charge in [0, 0.05) is 12.6 Å². The average Bonchev–Trinajstić information content (AvgIpc) is 2.28. The van der Waals surface area contributed by atoms with E-state index in [1.807, 2.05) is 6.92 Å². The molecule has 0 fully saturated rings. The molecular formula is C11H13Cl2NO2. The molecule has 3 nitrogen and oxygen atoms in total. The second kappa shape index (κ2) is 6.61. The van der Waals surface area contributed by atoms with Gasteiger partial charge in [-0.1, -0.05) is 30.1 Å². The quantitative estimate of drug-likeness (QED) is 0.886. The van der Waals surface area contributed by atoms with Crippen LogP contribution in [0.15, 0.2) is 18.2 Å². The molecule has 0 aliphatic carbocycles. The maximum atomic E-state index is 11.2. The van der Waals surface area contributed by atoms with Crippen molar-refractivity contribution in [2.45, 2.75) is 13.3 Å². The summed E-state index contributed by atoms with van der Waals surface area (Å²) in [5.74, 6) is 0.383. The van der Waals surface area contributed by atoms with E-state index in [1.54, 1.807) is 18.2 Å². The molecule has 0 saturated heterocycles. The Bertz CT molecular complexity index is 369. The molecule has 0 heterocycles. The van der Waals surface area contributed by atoms with E-state index in [4.69, 9.17) is 27.9 Å². The Morgan fingerprint density at radius 2 is 2.12 bits per heavy atom. The summed E-state index contributed by atoms with van der Waals surface area (Å²) in [5, 5.41) is 3.58. The van der Waals surface area contributed by atoms with Crippen molar-refractivity contribution in [1.82, 2.24) is 5.32 Å². The molecule has 16 heavy (non-hydrogen) atoms. The van der Waals surface area contributed by atoms with Crippen LogP contribution < -0.4 is 10.1 Å². The van der Waals surface area contributed by atoms with Crippen molar-refractivity contribution in [3.8, 4) is 5.75 Å². The van der Waals surface area contributed by atoms with Gasteiger partial charge in [-0.25, -0.2) is 0 Å². The van der Waals surface area contributed by atoms with Crippen LogP contribution in [0.2, 0.25) is 10.0 Å². The van der Waals surface area contributed by atoms with Crippen LogP contribution >= 0.6 is 23.2 Å². The van der Waals surface area contributed by atoms with Crippen LogP contribution in [-0.2, 0) is 4.79 Å². The lowest BCUT2D eigenvalue weighted by Crippen LogP contribution is -2.29. The topological polar surface area (TPSA) is 38.3 Å². The predicted octanol–water partition coefficient (Wildman–Crippen LogP) is 2.90. The normalized spacial score (nSPS) is 9.94. The van der Waals surface area contributed by atoms with Crippen LogP contribution in [-0.4, -0.2) is 19.1 Å². The second-order valence-electron chi connectivity index (χ2n) is 3.21. The van der Waals surface area contributed by atoms with Crippen molar-refractivity contribution in [3.05, 3.63) is 28.2 Å². The van der Waals surface area contributed by atoms with Gasteiger partial charge < -0.3 is 10.1 Å². The van der Waals surface area contributed by atoms with Gasteiger partial charge in [0.1, 0.15) is 5.75 Å². The van der Waals surface area contributed by atoms with Crippen LogP contribution in [0.25, 0.3) is 0 Å². The van der Waals surface area contributed by atoms with Gasteiger partial charge in [0.2, 0.25) is 0 Å². The first-order chi connectivity index (χ1) is 7.63. The van der Waals surface area contributed by atoms with Gasteiger partial charge >= 0.3 is 0 Å². The number of halogens is 2. The Hall–Kier alpha value is -0.930. The molecule has 5 heteroatoms. The van der Waals surface area contributed by atoms with Gasteiger partial charge in [0.05, 0.1) is 10.0 Å². The van der Waals surface area contributed by atoms with Crippen molar-refractivity contribution < 1.29 is 9.53 Å². The lowest BCUT2D eigenvalue weighted by Gasteiger charge is -2.07. The van der Waals surface area contributed by atoms with Crippen LogP contribution in [0.4, 0.5) is 0 Å². The van der Waals surface area contributed by atoms with E-state index in [0.717, 1.165) is 6.42 Å². The molecule has 1 amide bonds. The fourth-order valence-electron chi connectivity index (χ4n) is 1.03. The predicted molar refractivity (Wildman–Crippen MR) is 65.3 cm³/mol. The summed E-state index contributed by atoms with van der Waals surface area (Å²) >= 11 is 11.5. The van der Waals surface area contributed by atoms with Crippen LogP contribution in [0.3, 0.4) is 0 Å². The Labute approximate surface area is 105 Å². The summed E-state index contributed by atoms with van der Waals surface area (Å²) in [6, 6.07) is 4.88. The van der Waals surface area contributed by atoms with Crippen molar-refractivity contribution in [1.29, 1.82) is 0 Å². The van der Waals surface area contributed by atoms with Crippen molar-refractivity contribution >= 4 is 29.1 Å². The number of amides is 1. The molecule has 0 radical (unpaired) electrons. The summed E-state index contributed by atoms with van der Waals surface area (Å²) in [7, 11) is 0. The summed E-state index contributed by atoms with van der Waals surface area (Å²) in [5.41, 5.74) is 0. The summed E-state index contributed by atoms with van der Waals surface area (Å²) < 4.78 is 5.25. The largest absolute Gasteiger partial charge is 0.484 e. The average molecular weight is 262 g/mol. The zero-order valence-corrected chi connectivity index (χ0v) is 10.4. The third kappa shape index (κ3) is 4.29. The number of nitrogens with one attached hydrogen (secondary N) is 1. The summed E-state index contributed by atoms with van der Waals surface area (Å²) in [6.07, 6.45) is 0.901. The van der Waals surface area contributed by atoms with Gasteiger partial charge in [-0.2, -0.15) is 0 Å². The standard InChI is InChI=1S/C11H13Cl2NO2/c1-2-5-14-11(15)7-16-8-3-4-9(12)10(13)6-8/h3-4,6H,2,5,7H2,1H3,(H,14,15). The van der Waals surface area contributed by atoms with Gasteiger partial charge in [0.15, 0.2) is 6.61 Å². The number of rotatable bonds is 5. The fraction of sp³-hybridized carbons (Fsp3) is 0.364. The van der Waals surface area contributed by atoms with Crippen LogP contribution in [0.5, 0.6) is 5.75 Å². The first kappa shape index (κ1) is 13.1. The molecule has 0 atom stereocenters. The molecule has 0 bridgehead atoms. The van der Waals surface area contributed by atoms with Gasteiger partial charge in [-0.3, -0.25) is 4.79 Å². The molecule has 0 aliphatic heterocycles. The Kier molecular flexibility index (Phi) is 5.43. The highest BCUT2D eigenvalue weighted by atomic mass is 35.5. The van der Waals surface area contributed by atoms with Crippen molar-refractivity contribution in [2.24, 2.45) is 0 Å². The van der Waals surface area contributed by atoms with E-state index < -0.39 is 0 Å². The molecule has 0 unspecified atom stereocenters. The van der Waals surface area contributed by atoms with E-state index in [1.165, 1.54) is 0 Å². The second-order valence-corrected chi connectivity index (χ2v) is 4.03. The third-order valence-electron chi connectivity index (χ3n) is 1.83. The van der Waals surface area contributed by atoms with Gasteiger partial charge in [-0.15, -0.1) is 0 Å². The third-order valence-corrected chi connectivity index (χ3v) is 2.57. The fourth-order valence-corrected chi connectivity index (χ4v) is 1.32. The number of carbonyl (C=O) groups is 1. The van der Waals surface area contributed by atoms with Gasteiger partial charge in [-0.05, 0) is 18.6 Å². The number of carbonyl (C=O) groups excluding carboxylic acids is 1. The number of hydrogen-bond donors (Lipinski definition) is 1. The minimum Gasteiger partial charge on any atom is -0.484 e. The minimum absolute atomic E-state index is 0.0159. The number of ether oxygens (including phenoxy) is 1. The first-order valence-corrected chi connectivity index (χ1v) is 5.73. The molecule has 1 N–H and O–H groups in total. The zero-order valence-electron chi connectivity index (χ0n) is 8.93. The molecule has 1 aromatic rings. The first-order valence-electron chi connectivity index (χ1n) is 4.98. The van der Waals surface area contributed by atoms with E-state index in [2.05, 4.69) is 5.32 Å². The molecule has 88 valence electrons. The van der Waals surface area contributed by atoms with E-state index in [9.17, 15) is 4.79 Å². The molecule has 1 rings (SSSR count). The molecule has 1 aromatic carbocycles. The smallest absolute Gasteiger partial charge is 0.257 e. The van der Waals surface area contributed by atoms with Crippen LogP contribution in [0, 0.1) is 0 Å². The van der Waals surface area contributed by atoms with E-state index >= 15 is 0 Å². The zero-order chi connectivity index (χ0) is 12.0. The Morgan fingerprint density at radius 3 is 2.75 bits per heavy atom. The summed E-state index contributed by atoms with van der Waals surface area (Å²) in [4.78, 5) is 11.2. The maximum Gasteiger partial charge on any atom is 0.257 e. The highest BCUT2D eigenvalue weighted by molar-refractivity contribution is 6.42. The molecule has 0 spiro atoms. The lowest BCUT2D eigenvalue weighted by atomic mass is 10.3. The minimum atomic E-state index is -0.145. The summed E-state index contributed by atoms with van der Waals surface area (Å²) in [6.45, 7) is 2.63. The number of hydrogen-bond acceptors (Lipinski definition) is 2. The number of benzene rings is 1. The highest BCUT2D eigenvalue weighted by Crippen LogP contribution is 2.26. The molecule has 0 aromatic heterocycles. The SMILES string of the molecule is CCCNC(=O)COc1ccc(Cl)c(Cl)c1. The Morgan fingerprint density at radius 1 is 1.38 bits per heavy atom.